The lowest BCUT2D eigenvalue weighted by atomic mass is 9.94. The van der Waals surface area contributed by atoms with Gasteiger partial charge < -0.3 is 19.8 Å². The molecule has 2 fully saturated rings. The summed E-state index contributed by atoms with van der Waals surface area (Å²) in [5, 5.41) is 20.6. The summed E-state index contributed by atoms with van der Waals surface area (Å²) in [6.07, 6.45) is -0.651. The molecule has 2 aliphatic rings. The lowest BCUT2D eigenvalue weighted by molar-refractivity contribution is -0.0283. The number of hydrogen-bond acceptors (Lipinski definition) is 4. The highest BCUT2D eigenvalue weighted by Crippen LogP contribution is 2.44. The van der Waals surface area contributed by atoms with Gasteiger partial charge in [-0.15, -0.1) is 0 Å². The zero-order chi connectivity index (χ0) is 14.4. The van der Waals surface area contributed by atoms with Gasteiger partial charge in [0.05, 0.1) is 16.1 Å². The number of phenols is 1. The van der Waals surface area contributed by atoms with Crippen LogP contribution in [0.1, 0.15) is 17.9 Å². The second-order valence-corrected chi connectivity index (χ2v) is 5.88. The molecule has 2 saturated heterocycles. The smallest absolute Gasteiger partial charge is 0.410 e. The number of amides is 1. The largest absolute Gasteiger partial charge is 0.508 e. The van der Waals surface area contributed by atoms with Crippen LogP contribution < -0.4 is 0 Å². The molecule has 20 heavy (non-hydrogen) atoms. The van der Waals surface area contributed by atoms with Gasteiger partial charge in [-0.05, 0) is 18.6 Å². The van der Waals surface area contributed by atoms with Crippen LogP contribution in [-0.4, -0.2) is 46.5 Å². The minimum atomic E-state index is -0.724. The molecule has 0 aliphatic carbocycles. The highest BCUT2D eigenvalue weighted by atomic mass is 35.5. The fourth-order valence-corrected chi connectivity index (χ4v) is 3.42. The van der Waals surface area contributed by atoms with E-state index in [1.54, 1.807) is 0 Å². The van der Waals surface area contributed by atoms with Gasteiger partial charge in [0.25, 0.3) is 0 Å². The average molecular weight is 318 g/mol. The molecule has 2 N–H and O–H groups in total. The minimum Gasteiger partial charge on any atom is -0.508 e. The highest BCUT2D eigenvalue weighted by Gasteiger charge is 2.45. The van der Waals surface area contributed by atoms with E-state index in [1.807, 2.05) is 0 Å². The number of carbonyl (C=O) groups is 1. The maximum absolute atomic E-state index is 11.7. The van der Waals surface area contributed by atoms with Crippen LogP contribution in [0, 0.1) is 0 Å². The molecule has 0 aromatic heterocycles. The number of hydrogen-bond donors (Lipinski definition) is 2. The number of aliphatic hydroxyl groups excluding tert-OH is 1. The first-order valence-electron chi connectivity index (χ1n) is 6.27. The van der Waals surface area contributed by atoms with Crippen molar-refractivity contribution in [2.45, 2.75) is 24.5 Å². The number of aliphatic hydroxyl groups is 1. The Bertz CT molecular complexity index is 566. The second-order valence-electron chi connectivity index (χ2n) is 5.09. The van der Waals surface area contributed by atoms with E-state index in [1.165, 1.54) is 17.0 Å². The molecule has 0 bridgehead atoms. The van der Waals surface area contributed by atoms with Crippen LogP contribution in [0.15, 0.2) is 12.1 Å². The Morgan fingerprint density at radius 1 is 1.35 bits per heavy atom. The van der Waals surface area contributed by atoms with Crippen molar-refractivity contribution in [2.24, 2.45) is 0 Å². The third kappa shape index (κ3) is 2.10. The van der Waals surface area contributed by atoms with Gasteiger partial charge in [-0.3, -0.25) is 0 Å². The molecule has 2 aliphatic heterocycles. The number of phenolic OH excluding ortho intramolecular Hbond substituents is 1. The Labute approximate surface area is 125 Å². The predicted molar refractivity (Wildman–Crippen MR) is 73.3 cm³/mol. The summed E-state index contributed by atoms with van der Waals surface area (Å²) in [5.74, 6) is -0.126. The number of fused-ring (bicyclic) bond motifs is 1. The first kappa shape index (κ1) is 13.8. The number of nitrogens with zero attached hydrogens (tertiary/aromatic N) is 1. The fraction of sp³-hybridized carbons (Fsp3) is 0.462. The van der Waals surface area contributed by atoms with E-state index in [-0.39, 0.29) is 24.3 Å². The van der Waals surface area contributed by atoms with Crippen LogP contribution in [-0.2, 0) is 4.74 Å². The zero-order valence-corrected chi connectivity index (χ0v) is 11.9. The van der Waals surface area contributed by atoms with Crippen molar-refractivity contribution in [3.8, 4) is 5.75 Å². The quantitative estimate of drug-likeness (QED) is 0.834. The average Bonchev–Trinajstić information content (AvgIpc) is 2.85. The van der Waals surface area contributed by atoms with Crippen LogP contribution in [0.2, 0.25) is 10.0 Å². The van der Waals surface area contributed by atoms with E-state index in [2.05, 4.69) is 0 Å². The Morgan fingerprint density at radius 3 is 2.80 bits per heavy atom. The van der Waals surface area contributed by atoms with Gasteiger partial charge in [-0.25, -0.2) is 4.79 Å². The topological polar surface area (TPSA) is 70.0 Å². The van der Waals surface area contributed by atoms with Gasteiger partial charge in [-0.2, -0.15) is 0 Å². The van der Waals surface area contributed by atoms with E-state index in [4.69, 9.17) is 27.9 Å². The van der Waals surface area contributed by atoms with Gasteiger partial charge in [0.15, 0.2) is 0 Å². The molecule has 0 unspecified atom stereocenters. The summed E-state index contributed by atoms with van der Waals surface area (Å²) in [6.45, 7) is 0.343. The molecule has 3 rings (SSSR count). The zero-order valence-electron chi connectivity index (χ0n) is 10.4. The first-order chi connectivity index (χ1) is 9.49. The summed E-state index contributed by atoms with van der Waals surface area (Å²) < 4.78 is 4.89. The van der Waals surface area contributed by atoms with Gasteiger partial charge in [-0.1, -0.05) is 23.2 Å². The Hall–Kier alpha value is -1.17. The second kappa shape index (κ2) is 4.98. The molecule has 5 nitrogen and oxygen atoms in total. The number of carbonyl (C=O) groups excluding carboxylic acids is 1. The molecule has 7 heteroatoms. The first-order valence-corrected chi connectivity index (χ1v) is 7.03. The van der Waals surface area contributed by atoms with Gasteiger partial charge in [0.1, 0.15) is 18.5 Å². The third-order valence-corrected chi connectivity index (χ3v) is 4.74. The number of ether oxygens (including phenoxy) is 1. The van der Waals surface area contributed by atoms with Gasteiger partial charge in [0.2, 0.25) is 0 Å². The molecule has 2 heterocycles. The van der Waals surface area contributed by atoms with E-state index < -0.39 is 12.2 Å². The number of aromatic hydroxyl groups is 1. The molecular formula is C13H13Cl2NO4. The highest BCUT2D eigenvalue weighted by molar-refractivity contribution is 6.42. The van der Waals surface area contributed by atoms with E-state index in [0.717, 1.165) is 0 Å². The van der Waals surface area contributed by atoms with Crippen LogP contribution in [0.3, 0.4) is 0 Å². The van der Waals surface area contributed by atoms with Crippen molar-refractivity contribution in [3.63, 3.8) is 0 Å². The van der Waals surface area contributed by atoms with Crippen molar-refractivity contribution in [3.05, 3.63) is 27.7 Å². The summed E-state index contributed by atoms with van der Waals surface area (Å²) >= 11 is 12.1. The number of rotatable bonds is 1. The Balaban J connectivity index is 1.94. The van der Waals surface area contributed by atoms with Crippen LogP contribution >= 0.6 is 23.2 Å². The lowest BCUT2D eigenvalue weighted by Crippen LogP contribution is -2.50. The Morgan fingerprint density at radius 2 is 2.10 bits per heavy atom. The fourth-order valence-electron chi connectivity index (χ4n) is 2.95. The normalized spacial score (nSPS) is 29.2. The van der Waals surface area contributed by atoms with Crippen molar-refractivity contribution < 1.29 is 19.7 Å². The summed E-state index contributed by atoms with van der Waals surface area (Å²) in [7, 11) is 0. The summed E-state index contributed by atoms with van der Waals surface area (Å²) in [6, 6.07) is 2.69. The van der Waals surface area contributed by atoms with Gasteiger partial charge in [0, 0.05) is 18.0 Å². The lowest BCUT2D eigenvalue weighted by Gasteiger charge is -2.32. The number of benzene rings is 1. The Kier molecular flexibility index (Phi) is 3.44. The van der Waals surface area contributed by atoms with Crippen LogP contribution in [0.5, 0.6) is 5.75 Å². The minimum absolute atomic E-state index is 0.00196. The maximum atomic E-state index is 11.7. The maximum Gasteiger partial charge on any atom is 0.410 e. The molecule has 0 spiro atoms. The van der Waals surface area contributed by atoms with E-state index >= 15 is 0 Å². The van der Waals surface area contributed by atoms with Crippen molar-refractivity contribution in [1.82, 2.24) is 4.90 Å². The van der Waals surface area contributed by atoms with Crippen molar-refractivity contribution in [1.29, 1.82) is 0 Å². The monoisotopic (exact) mass is 317 g/mol. The standard InChI is InChI=1S/C13H13Cl2NO4/c14-7-1-2-9(17)11(12(7)15)6-3-8-10(18)5-20-13(19)16(8)4-6/h1-2,6,8,10,17-18H,3-5H2/t6-,8-,10-/m0/s1. The van der Waals surface area contributed by atoms with Crippen molar-refractivity contribution >= 4 is 29.3 Å². The van der Waals surface area contributed by atoms with Crippen LogP contribution in [0.4, 0.5) is 4.79 Å². The molecule has 1 aromatic carbocycles. The molecule has 0 radical (unpaired) electrons. The van der Waals surface area contributed by atoms with Crippen LogP contribution in [0.25, 0.3) is 0 Å². The SMILES string of the molecule is O=C1OC[C@H](O)[C@@H]2C[C@H](c3c(O)ccc(Cl)c3Cl)CN12. The van der Waals surface area contributed by atoms with Crippen molar-refractivity contribution in [2.75, 3.05) is 13.2 Å². The van der Waals surface area contributed by atoms with Gasteiger partial charge >= 0.3 is 6.09 Å². The number of halogens is 2. The molecular weight excluding hydrogens is 305 g/mol. The predicted octanol–water partition coefficient (Wildman–Crippen LogP) is 2.37. The number of cyclic esters (lactones) is 1. The summed E-state index contributed by atoms with van der Waals surface area (Å²) in [5.41, 5.74) is 0.522. The molecule has 108 valence electrons. The third-order valence-electron chi connectivity index (χ3n) is 3.92. The summed E-state index contributed by atoms with van der Waals surface area (Å²) in [4.78, 5) is 13.2. The van der Waals surface area contributed by atoms with E-state index in [9.17, 15) is 15.0 Å². The molecule has 1 aromatic rings. The molecule has 0 saturated carbocycles. The molecule has 3 atom stereocenters. The molecule has 1 amide bonds. The van der Waals surface area contributed by atoms with E-state index in [0.29, 0.717) is 28.6 Å².